The van der Waals surface area contributed by atoms with Crippen LogP contribution in [-0.2, 0) is 5.41 Å². The highest BCUT2D eigenvalue weighted by atomic mass is 19.2. The zero-order valence-corrected chi connectivity index (χ0v) is 11.9. The van der Waals surface area contributed by atoms with E-state index in [2.05, 4.69) is 11.9 Å². The summed E-state index contributed by atoms with van der Waals surface area (Å²) in [6, 6.07) is 4.63. The summed E-state index contributed by atoms with van der Waals surface area (Å²) in [6.07, 6.45) is 5.17. The topological polar surface area (TPSA) is 3.24 Å². The van der Waals surface area contributed by atoms with E-state index < -0.39 is 11.6 Å². The quantitative estimate of drug-likeness (QED) is 0.758. The molecule has 1 aromatic rings. The fraction of sp³-hybridized carbons (Fsp3) is 0.647. The normalized spacial score (nSPS) is 40.0. The largest absolute Gasteiger partial charge is 0.305 e. The monoisotopic (exact) mass is 277 g/mol. The van der Waals surface area contributed by atoms with Gasteiger partial charge in [-0.05, 0) is 68.2 Å². The second kappa shape index (κ2) is 4.27. The minimum absolute atomic E-state index is 0.0739. The lowest BCUT2D eigenvalue weighted by Crippen LogP contribution is -2.52. The van der Waals surface area contributed by atoms with Gasteiger partial charge in [-0.15, -0.1) is 0 Å². The van der Waals surface area contributed by atoms with Gasteiger partial charge in [0.05, 0.1) is 0 Å². The summed E-state index contributed by atoms with van der Waals surface area (Å²) in [5.41, 5.74) is 1.12. The summed E-state index contributed by atoms with van der Waals surface area (Å²) in [5, 5.41) is 0. The van der Waals surface area contributed by atoms with Crippen LogP contribution in [0.15, 0.2) is 18.2 Å². The maximum atomic E-state index is 13.7. The second-order valence-corrected chi connectivity index (χ2v) is 7.08. The van der Waals surface area contributed by atoms with Gasteiger partial charge in [-0.25, -0.2) is 8.78 Å². The van der Waals surface area contributed by atoms with Crippen LogP contribution in [0, 0.1) is 29.4 Å². The van der Waals surface area contributed by atoms with Crippen LogP contribution >= 0.6 is 0 Å². The molecule has 108 valence electrons. The fourth-order valence-corrected chi connectivity index (χ4v) is 5.49. The van der Waals surface area contributed by atoms with Crippen molar-refractivity contribution in [3.63, 3.8) is 0 Å². The molecule has 3 heteroatoms. The minimum Gasteiger partial charge on any atom is -0.305 e. The van der Waals surface area contributed by atoms with Crippen molar-refractivity contribution in [3.05, 3.63) is 35.4 Å². The molecule has 3 saturated carbocycles. The molecule has 20 heavy (non-hydrogen) atoms. The number of fused-ring (bicyclic) bond motifs is 2. The average molecular weight is 277 g/mol. The van der Waals surface area contributed by atoms with Crippen LogP contribution in [0.25, 0.3) is 0 Å². The Labute approximate surface area is 119 Å². The SMILES string of the molecule is CN1CC2C3CCC(CC3)C2(c2ccc(F)c(F)c2)C1. The lowest BCUT2D eigenvalue weighted by atomic mass is 9.49. The molecule has 2 bridgehead atoms. The molecule has 1 saturated heterocycles. The van der Waals surface area contributed by atoms with Crippen LogP contribution in [0.5, 0.6) is 0 Å². The first kappa shape index (κ1) is 12.8. The Balaban J connectivity index is 1.85. The van der Waals surface area contributed by atoms with E-state index in [1.165, 1.54) is 37.8 Å². The van der Waals surface area contributed by atoms with Crippen molar-refractivity contribution >= 4 is 0 Å². The van der Waals surface area contributed by atoms with E-state index in [1.54, 1.807) is 0 Å². The lowest BCUT2D eigenvalue weighted by molar-refractivity contribution is 0.0252. The van der Waals surface area contributed by atoms with Gasteiger partial charge in [-0.2, -0.15) is 0 Å². The van der Waals surface area contributed by atoms with E-state index in [1.807, 2.05) is 6.07 Å². The number of likely N-dealkylation sites (N-methyl/N-ethyl adjacent to an activating group) is 1. The number of rotatable bonds is 1. The number of hydrogen-bond donors (Lipinski definition) is 0. The van der Waals surface area contributed by atoms with Crippen molar-refractivity contribution in [1.29, 1.82) is 0 Å². The molecular weight excluding hydrogens is 256 g/mol. The van der Waals surface area contributed by atoms with Crippen LogP contribution < -0.4 is 0 Å². The maximum absolute atomic E-state index is 13.7. The zero-order valence-electron chi connectivity index (χ0n) is 11.9. The van der Waals surface area contributed by atoms with Gasteiger partial charge in [0.2, 0.25) is 0 Å². The van der Waals surface area contributed by atoms with Crippen LogP contribution in [0.1, 0.15) is 31.2 Å². The summed E-state index contributed by atoms with van der Waals surface area (Å²) in [4.78, 5) is 2.39. The molecule has 0 radical (unpaired) electrons. The molecule has 1 aromatic carbocycles. The average Bonchev–Trinajstić information content (AvgIpc) is 2.83. The predicted octanol–water partition coefficient (Wildman–Crippen LogP) is 3.58. The van der Waals surface area contributed by atoms with Gasteiger partial charge in [0.1, 0.15) is 0 Å². The van der Waals surface area contributed by atoms with E-state index in [-0.39, 0.29) is 5.41 Å². The molecule has 1 nitrogen and oxygen atoms in total. The Kier molecular flexibility index (Phi) is 2.72. The Morgan fingerprint density at radius 2 is 1.85 bits per heavy atom. The molecule has 4 aliphatic rings. The molecule has 5 rings (SSSR count). The first-order chi connectivity index (χ1) is 9.61. The summed E-state index contributed by atoms with van der Waals surface area (Å²) < 4.78 is 27.0. The van der Waals surface area contributed by atoms with E-state index in [4.69, 9.17) is 0 Å². The second-order valence-electron chi connectivity index (χ2n) is 7.08. The van der Waals surface area contributed by atoms with Gasteiger partial charge < -0.3 is 4.90 Å². The summed E-state index contributed by atoms with van der Waals surface area (Å²) in [5.74, 6) is 0.635. The minimum atomic E-state index is -0.728. The molecule has 0 spiro atoms. The first-order valence-electron chi connectivity index (χ1n) is 7.75. The summed E-state index contributed by atoms with van der Waals surface area (Å²) in [7, 11) is 2.17. The molecule has 0 amide bonds. The van der Waals surface area contributed by atoms with E-state index in [0.717, 1.165) is 24.6 Å². The van der Waals surface area contributed by atoms with Crippen molar-refractivity contribution in [1.82, 2.24) is 4.90 Å². The Morgan fingerprint density at radius 3 is 2.55 bits per heavy atom. The van der Waals surface area contributed by atoms with Crippen LogP contribution in [0.2, 0.25) is 0 Å². The lowest BCUT2D eigenvalue weighted by Gasteiger charge is -2.54. The van der Waals surface area contributed by atoms with Gasteiger partial charge >= 0.3 is 0 Å². The van der Waals surface area contributed by atoms with Gasteiger partial charge in [-0.1, -0.05) is 6.07 Å². The molecule has 0 aromatic heterocycles. The van der Waals surface area contributed by atoms with Crippen LogP contribution in [0.3, 0.4) is 0 Å². The molecule has 2 atom stereocenters. The van der Waals surface area contributed by atoms with Gasteiger partial charge in [-0.3, -0.25) is 0 Å². The van der Waals surface area contributed by atoms with E-state index in [0.29, 0.717) is 11.8 Å². The highest BCUT2D eigenvalue weighted by Crippen LogP contribution is 2.60. The van der Waals surface area contributed by atoms with Crippen molar-refractivity contribution in [3.8, 4) is 0 Å². The van der Waals surface area contributed by atoms with Crippen molar-refractivity contribution in [2.75, 3.05) is 20.1 Å². The fourth-order valence-electron chi connectivity index (χ4n) is 5.49. The number of benzene rings is 1. The molecule has 4 fully saturated rings. The van der Waals surface area contributed by atoms with E-state index >= 15 is 0 Å². The maximum Gasteiger partial charge on any atom is 0.159 e. The van der Waals surface area contributed by atoms with Crippen molar-refractivity contribution in [2.45, 2.75) is 31.1 Å². The zero-order chi connectivity index (χ0) is 13.9. The molecule has 1 aliphatic heterocycles. The number of nitrogens with zero attached hydrogens (tertiary/aromatic N) is 1. The predicted molar refractivity (Wildman–Crippen MR) is 74.5 cm³/mol. The highest BCUT2D eigenvalue weighted by Gasteiger charge is 2.58. The van der Waals surface area contributed by atoms with Crippen LogP contribution in [-0.4, -0.2) is 25.0 Å². The standard InChI is InChI=1S/C17H21F2N/c1-20-9-14-11-2-4-12(5-3-11)17(14,10-20)13-6-7-15(18)16(19)8-13/h6-8,11-12,14H,2-5,9-10H2,1H3. The third-order valence-electron chi connectivity index (χ3n) is 6.23. The van der Waals surface area contributed by atoms with Gasteiger partial charge in [0.15, 0.2) is 11.6 Å². The molecular formula is C17H21F2N. The number of halogens is 2. The Morgan fingerprint density at radius 1 is 1.10 bits per heavy atom. The molecule has 0 N–H and O–H groups in total. The van der Waals surface area contributed by atoms with Gasteiger partial charge in [0.25, 0.3) is 0 Å². The van der Waals surface area contributed by atoms with E-state index in [9.17, 15) is 8.78 Å². The first-order valence-corrected chi connectivity index (χ1v) is 7.75. The molecule has 1 heterocycles. The number of hydrogen-bond acceptors (Lipinski definition) is 1. The van der Waals surface area contributed by atoms with Crippen LogP contribution in [0.4, 0.5) is 8.78 Å². The number of likely N-dealkylation sites (tertiary alicyclic amines) is 1. The highest BCUT2D eigenvalue weighted by molar-refractivity contribution is 5.34. The summed E-state index contributed by atoms with van der Waals surface area (Å²) >= 11 is 0. The molecule has 2 unspecified atom stereocenters. The van der Waals surface area contributed by atoms with Gasteiger partial charge in [0, 0.05) is 18.5 Å². The van der Waals surface area contributed by atoms with Crippen molar-refractivity contribution in [2.24, 2.45) is 17.8 Å². The summed E-state index contributed by atoms with van der Waals surface area (Å²) in [6.45, 7) is 2.12. The Bertz CT molecular complexity index is 536. The van der Waals surface area contributed by atoms with Crippen molar-refractivity contribution < 1.29 is 8.78 Å². The third kappa shape index (κ3) is 1.56. The smallest absolute Gasteiger partial charge is 0.159 e. The Hall–Kier alpha value is -0.960. The third-order valence-corrected chi connectivity index (χ3v) is 6.23. The molecule has 3 aliphatic carbocycles.